The molecule has 0 aliphatic carbocycles. The average Bonchev–Trinajstić information content (AvgIpc) is 2.22. The molecule has 1 fully saturated rings. The number of halogens is 2. The van der Waals surface area contributed by atoms with Crippen LogP contribution < -0.4 is 4.74 Å². The van der Waals surface area contributed by atoms with Gasteiger partial charge in [0.05, 0.1) is 12.4 Å². The maximum absolute atomic E-state index is 13.6. The monoisotopic (exact) mass is 245 g/mol. The summed E-state index contributed by atoms with van der Waals surface area (Å²) in [6, 6.07) is 0. The molecule has 0 saturated carbocycles. The Morgan fingerprint density at radius 1 is 1.56 bits per heavy atom. The highest BCUT2D eigenvalue weighted by Crippen LogP contribution is 2.19. The van der Waals surface area contributed by atoms with Crippen molar-refractivity contribution < 1.29 is 9.13 Å². The first kappa shape index (κ1) is 11.5. The zero-order valence-electron chi connectivity index (χ0n) is 8.94. The van der Waals surface area contributed by atoms with Crippen LogP contribution in [-0.4, -0.2) is 47.3 Å². The molecular formula is C10H13ClFN3O. The molecule has 1 aromatic heterocycles. The van der Waals surface area contributed by atoms with E-state index in [2.05, 4.69) is 9.97 Å². The molecule has 0 bridgehead atoms. The fraction of sp³-hybridized carbons (Fsp3) is 0.600. The third-order valence-corrected chi connectivity index (χ3v) is 2.72. The summed E-state index contributed by atoms with van der Waals surface area (Å²) in [5.74, 6) is 0.282. The zero-order chi connectivity index (χ0) is 11.5. The quantitative estimate of drug-likeness (QED) is 0.793. The van der Waals surface area contributed by atoms with Gasteiger partial charge in [0.25, 0.3) is 0 Å². The topological polar surface area (TPSA) is 38.2 Å². The fourth-order valence-corrected chi connectivity index (χ4v) is 1.84. The van der Waals surface area contributed by atoms with Gasteiger partial charge in [-0.05, 0) is 13.5 Å². The summed E-state index contributed by atoms with van der Waals surface area (Å²) in [5.41, 5.74) is 0. The van der Waals surface area contributed by atoms with Crippen molar-refractivity contribution in [3.8, 4) is 5.88 Å². The van der Waals surface area contributed by atoms with Crippen molar-refractivity contribution in [1.82, 2.24) is 14.9 Å². The standard InChI is InChI=1S/C10H13ClFN3O/c1-15-3-2-8(7(12)6-15)16-10-5-13-4-9(11)14-10/h4-5,7-8H,2-3,6H2,1H3/t7-,8-/m0/s1. The van der Waals surface area contributed by atoms with E-state index in [1.54, 1.807) is 0 Å². The molecule has 0 unspecified atom stereocenters. The van der Waals surface area contributed by atoms with Crippen molar-refractivity contribution in [3.63, 3.8) is 0 Å². The molecule has 1 saturated heterocycles. The summed E-state index contributed by atoms with van der Waals surface area (Å²) < 4.78 is 19.1. The van der Waals surface area contributed by atoms with Gasteiger partial charge in [0.2, 0.25) is 5.88 Å². The number of likely N-dealkylation sites (tertiary alicyclic amines) is 1. The number of piperidine rings is 1. The van der Waals surface area contributed by atoms with Crippen LogP contribution in [0.1, 0.15) is 6.42 Å². The van der Waals surface area contributed by atoms with E-state index in [-0.39, 0.29) is 11.0 Å². The number of alkyl halides is 1. The van der Waals surface area contributed by atoms with Crippen LogP contribution in [0.15, 0.2) is 12.4 Å². The van der Waals surface area contributed by atoms with Crippen LogP contribution in [0.4, 0.5) is 4.39 Å². The summed E-state index contributed by atoms with van der Waals surface area (Å²) in [4.78, 5) is 9.70. The van der Waals surface area contributed by atoms with E-state index >= 15 is 0 Å². The van der Waals surface area contributed by atoms with E-state index in [9.17, 15) is 4.39 Å². The Bertz CT molecular complexity index is 366. The molecule has 0 spiro atoms. The van der Waals surface area contributed by atoms with Crippen LogP contribution in [0.3, 0.4) is 0 Å². The lowest BCUT2D eigenvalue weighted by atomic mass is 10.1. The van der Waals surface area contributed by atoms with Gasteiger partial charge in [0.15, 0.2) is 5.15 Å². The second-order valence-electron chi connectivity index (χ2n) is 3.90. The normalized spacial score (nSPS) is 26.7. The zero-order valence-corrected chi connectivity index (χ0v) is 9.69. The van der Waals surface area contributed by atoms with Crippen LogP contribution in [0.25, 0.3) is 0 Å². The van der Waals surface area contributed by atoms with Crippen molar-refractivity contribution >= 4 is 11.6 Å². The number of hydrogen-bond donors (Lipinski definition) is 0. The summed E-state index contributed by atoms with van der Waals surface area (Å²) in [6.45, 7) is 1.21. The molecule has 88 valence electrons. The lowest BCUT2D eigenvalue weighted by Crippen LogP contribution is -2.45. The minimum atomic E-state index is -1.00. The van der Waals surface area contributed by atoms with E-state index in [1.165, 1.54) is 12.4 Å². The third-order valence-electron chi connectivity index (χ3n) is 2.54. The first-order valence-electron chi connectivity index (χ1n) is 5.12. The Morgan fingerprint density at radius 2 is 2.38 bits per heavy atom. The van der Waals surface area contributed by atoms with E-state index in [0.29, 0.717) is 13.0 Å². The predicted molar refractivity (Wildman–Crippen MR) is 58.5 cm³/mol. The number of hydrogen-bond acceptors (Lipinski definition) is 4. The first-order chi connectivity index (χ1) is 7.65. The van der Waals surface area contributed by atoms with E-state index < -0.39 is 12.3 Å². The largest absolute Gasteiger partial charge is 0.470 e. The second-order valence-corrected chi connectivity index (χ2v) is 4.29. The minimum Gasteiger partial charge on any atom is -0.470 e. The number of rotatable bonds is 2. The van der Waals surface area contributed by atoms with Crippen molar-refractivity contribution in [1.29, 1.82) is 0 Å². The van der Waals surface area contributed by atoms with E-state index in [1.807, 2.05) is 11.9 Å². The van der Waals surface area contributed by atoms with Gasteiger partial charge in [-0.25, -0.2) is 4.39 Å². The Balaban J connectivity index is 1.99. The molecule has 0 aromatic carbocycles. The molecule has 4 nitrogen and oxygen atoms in total. The molecule has 1 aromatic rings. The number of aromatic nitrogens is 2. The molecule has 0 amide bonds. The minimum absolute atomic E-state index is 0.251. The van der Waals surface area contributed by atoms with Crippen LogP contribution in [0, 0.1) is 0 Å². The second kappa shape index (κ2) is 4.93. The van der Waals surface area contributed by atoms with Gasteiger partial charge in [0, 0.05) is 13.1 Å². The summed E-state index contributed by atoms with van der Waals surface area (Å²) in [7, 11) is 1.89. The molecule has 1 aliphatic heterocycles. The molecule has 0 N–H and O–H groups in total. The van der Waals surface area contributed by atoms with Crippen molar-refractivity contribution in [2.24, 2.45) is 0 Å². The van der Waals surface area contributed by atoms with Crippen LogP contribution in [-0.2, 0) is 0 Å². The maximum Gasteiger partial charge on any atom is 0.234 e. The highest BCUT2D eigenvalue weighted by atomic mass is 35.5. The SMILES string of the molecule is CN1CC[C@H](Oc2cncc(Cl)n2)[C@@H](F)C1. The Morgan fingerprint density at radius 3 is 3.06 bits per heavy atom. The molecule has 0 radical (unpaired) electrons. The molecule has 6 heteroatoms. The molecule has 2 rings (SSSR count). The van der Waals surface area contributed by atoms with Gasteiger partial charge >= 0.3 is 0 Å². The van der Waals surface area contributed by atoms with Crippen LogP contribution in [0.5, 0.6) is 5.88 Å². The highest BCUT2D eigenvalue weighted by molar-refractivity contribution is 6.29. The van der Waals surface area contributed by atoms with Crippen molar-refractivity contribution in [2.45, 2.75) is 18.7 Å². The van der Waals surface area contributed by atoms with Gasteiger partial charge in [-0.2, -0.15) is 4.98 Å². The van der Waals surface area contributed by atoms with E-state index in [4.69, 9.17) is 16.3 Å². The van der Waals surface area contributed by atoms with Gasteiger partial charge in [-0.3, -0.25) is 4.98 Å². The number of ether oxygens (including phenoxy) is 1. The van der Waals surface area contributed by atoms with E-state index in [0.717, 1.165) is 6.54 Å². The van der Waals surface area contributed by atoms with Gasteiger partial charge < -0.3 is 9.64 Å². The maximum atomic E-state index is 13.6. The smallest absolute Gasteiger partial charge is 0.234 e. The lowest BCUT2D eigenvalue weighted by Gasteiger charge is -2.31. The predicted octanol–water partition coefficient (Wildman–Crippen LogP) is 1.55. The summed E-state index contributed by atoms with van der Waals surface area (Å²) >= 11 is 5.67. The van der Waals surface area contributed by atoms with Gasteiger partial charge in [0.1, 0.15) is 12.3 Å². The summed E-state index contributed by atoms with van der Waals surface area (Å²) in [5, 5.41) is 0.251. The first-order valence-corrected chi connectivity index (χ1v) is 5.50. The Hall–Kier alpha value is -0.940. The Kier molecular flexibility index (Phi) is 3.56. The summed E-state index contributed by atoms with van der Waals surface area (Å²) in [6.07, 6.45) is 2.04. The molecular weight excluding hydrogens is 233 g/mol. The fourth-order valence-electron chi connectivity index (χ4n) is 1.71. The average molecular weight is 246 g/mol. The Labute approximate surface area is 98.4 Å². The van der Waals surface area contributed by atoms with Gasteiger partial charge in [-0.15, -0.1) is 0 Å². The number of nitrogens with zero attached hydrogens (tertiary/aromatic N) is 3. The third kappa shape index (κ3) is 2.80. The molecule has 16 heavy (non-hydrogen) atoms. The highest BCUT2D eigenvalue weighted by Gasteiger charge is 2.29. The van der Waals surface area contributed by atoms with Crippen molar-refractivity contribution in [3.05, 3.63) is 17.5 Å². The molecule has 1 aliphatic rings. The van der Waals surface area contributed by atoms with Gasteiger partial charge in [-0.1, -0.05) is 11.6 Å². The van der Waals surface area contributed by atoms with Crippen LogP contribution >= 0.6 is 11.6 Å². The molecule has 2 heterocycles. The lowest BCUT2D eigenvalue weighted by molar-refractivity contribution is 0.0284. The van der Waals surface area contributed by atoms with Crippen LogP contribution in [0.2, 0.25) is 5.15 Å². The molecule has 2 atom stereocenters. The van der Waals surface area contributed by atoms with Crippen molar-refractivity contribution in [2.75, 3.05) is 20.1 Å².